The number of esters is 2. The van der Waals surface area contributed by atoms with Crippen molar-refractivity contribution in [3.8, 4) is 11.5 Å². The second-order valence-electron chi connectivity index (χ2n) is 4.85. The van der Waals surface area contributed by atoms with Crippen molar-refractivity contribution in [2.24, 2.45) is 0 Å². The highest BCUT2D eigenvalue weighted by Gasteiger charge is 2.17. The van der Waals surface area contributed by atoms with Crippen molar-refractivity contribution in [3.63, 3.8) is 0 Å². The number of furan rings is 1. The Labute approximate surface area is 139 Å². The molecule has 7 nitrogen and oxygen atoms in total. The summed E-state index contributed by atoms with van der Waals surface area (Å²) in [6, 6.07) is 6.21. The maximum absolute atomic E-state index is 12.2. The number of hydrogen-bond donors (Lipinski definition) is 0. The van der Waals surface area contributed by atoms with Crippen LogP contribution >= 0.6 is 0 Å². The first-order valence-corrected chi connectivity index (χ1v) is 7.06. The molecular weight excluding hydrogens is 316 g/mol. The summed E-state index contributed by atoms with van der Waals surface area (Å²) in [5, 5.41) is 0. The van der Waals surface area contributed by atoms with Crippen LogP contribution in [0, 0.1) is 6.92 Å². The van der Waals surface area contributed by atoms with Crippen LogP contribution in [0.2, 0.25) is 0 Å². The molecule has 0 saturated carbocycles. The summed E-state index contributed by atoms with van der Waals surface area (Å²) in [5.74, 6) is 0.616. The molecule has 0 bridgehead atoms. The first-order chi connectivity index (χ1) is 11.5. The molecule has 7 heteroatoms. The standard InChI is InChI=1S/C17H18O7/c1-10-15(17(19)22-4)8-14(24-10)9-23-16(18)11-5-12(20-2)7-13(6-11)21-3/h5-8H,9H2,1-4H3. The molecule has 1 aromatic heterocycles. The molecule has 1 aromatic carbocycles. The summed E-state index contributed by atoms with van der Waals surface area (Å²) in [5.41, 5.74) is 0.578. The molecule has 2 aromatic rings. The van der Waals surface area contributed by atoms with Gasteiger partial charge in [0, 0.05) is 6.07 Å². The van der Waals surface area contributed by atoms with Gasteiger partial charge in [-0.25, -0.2) is 9.59 Å². The quantitative estimate of drug-likeness (QED) is 0.751. The molecule has 0 fully saturated rings. The fourth-order valence-corrected chi connectivity index (χ4v) is 2.07. The molecule has 0 aliphatic rings. The Balaban J connectivity index is 2.09. The summed E-state index contributed by atoms with van der Waals surface area (Å²) < 4.78 is 25.4. The van der Waals surface area contributed by atoms with Crippen LogP contribution in [-0.4, -0.2) is 33.3 Å². The van der Waals surface area contributed by atoms with E-state index in [1.165, 1.54) is 39.5 Å². The largest absolute Gasteiger partial charge is 0.497 e. The number of methoxy groups -OCH3 is 3. The summed E-state index contributed by atoms with van der Waals surface area (Å²) in [6.07, 6.45) is 0. The van der Waals surface area contributed by atoms with Gasteiger partial charge in [-0.3, -0.25) is 0 Å². The monoisotopic (exact) mass is 334 g/mol. The highest BCUT2D eigenvalue weighted by atomic mass is 16.5. The first kappa shape index (κ1) is 17.4. The van der Waals surface area contributed by atoms with Crippen molar-refractivity contribution in [3.05, 3.63) is 46.9 Å². The van der Waals surface area contributed by atoms with Gasteiger partial charge in [0.2, 0.25) is 0 Å². The Bertz CT molecular complexity index is 723. The molecule has 0 atom stereocenters. The highest BCUT2D eigenvalue weighted by Crippen LogP contribution is 2.23. The number of carbonyl (C=O) groups is 2. The predicted molar refractivity (Wildman–Crippen MR) is 83.5 cm³/mol. The molecule has 0 unspecified atom stereocenters. The molecule has 128 valence electrons. The lowest BCUT2D eigenvalue weighted by atomic mass is 10.2. The average molecular weight is 334 g/mol. The molecule has 0 radical (unpaired) electrons. The molecule has 0 saturated heterocycles. The number of benzene rings is 1. The lowest BCUT2D eigenvalue weighted by Crippen LogP contribution is -2.06. The zero-order chi connectivity index (χ0) is 17.7. The number of hydrogen-bond acceptors (Lipinski definition) is 7. The van der Waals surface area contributed by atoms with Gasteiger partial charge in [-0.1, -0.05) is 0 Å². The molecule has 1 heterocycles. The van der Waals surface area contributed by atoms with Gasteiger partial charge >= 0.3 is 11.9 Å². The van der Waals surface area contributed by atoms with E-state index in [1.54, 1.807) is 13.0 Å². The molecule has 0 aliphatic carbocycles. The molecule has 0 amide bonds. The van der Waals surface area contributed by atoms with Gasteiger partial charge in [0.15, 0.2) is 0 Å². The number of aryl methyl sites for hydroxylation is 1. The fraction of sp³-hybridized carbons (Fsp3) is 0.294. The van der Waals surface area contributed by atoms with Crippen molar-refractivity contribution in [2.75, 3.05) is 21.3 Å². The minimum absolute atomic E-state index is 0.115. The van der Waals surface area contributed by atoms with Crippen molar-refractivity contribution < 1.29 is 33.0 Å². The fourth-order valence-electron chi connectivity index (χ4n) is 2.07. The van der Waals surface area contributed by atoms with Crippen LogP contribution < -0.4 is 9.47 Å². The molecule has 0 aliphatic heterocycles. The smallest absolute Gasteiger partial charge is 0.341 e. The van der Waals surface area contributed by atoms with Crippen molar-refractivity contribution in [1.82, 2.24) is 0 Å². The third kappa shape index (κ3) is 3.87. The molecule has 0 N–H and O–H groups in total. The summed E-state index contributed by atoms with van der Waals surface area (Å²) in [4.78, 5) is 23.7. The van der Waals surface area contributed by atoms with E-state index in [4.69, 9.17) is 18.6 Å². The minimum Gasteiger partial charge on any atom is -0.497 e. The van der Waals surface area contributed by atoms with Crippen LogP contribution in [0.4, 0.5) is 0 Å². The van der Waals surface area contributed by atoms with E-state index in [9.17, 15) is 9.59 Å². The van der Waals surface area contributed by atoms with Crippen molar-refractivity contribution in [2.45, 2.75) is 13.5 Å². The van der Waals surface area contributed by atoms with Crippen LogP contribution in [-0.2, 0) is 16.1 Å². The Morgan fingerprint density at radius 2 is 1.58 bits per heavy atom. The average Bonchev–Trinajstić information content (AvgIpc) is 2.99. The van der Waals surface area contributed by atoms with Gasteiger partial charge in [0.25, 0.3) is 0 Å². The minimum atomic E-state index is -0.569. The van der Waals surface area contributed by atoms with Gasteiger partial charge in [0.05, 0.1) is 26.9 Å². The Hall–Kier alpha value is -2.96. The second-order valence-corrected chi connectivity index (χ2v) is 4.85. The van der Waals surface area contributed by atoms with Crippen LogP contribution in [0.25, 0.3) is 0 Å². The van der Waals surface area contributed by atoms with E-state index in [-0.39, 0.29) is 12.2 Å². The normalized spacial score (nSPS) is 10.2. The lowest BCUT2D eigenvalue weighted by Gasteiger charge is -2.08. The van der Waals surface area contributed by atoms with E-state index < -0.39 is 11.9 Å². The summed E-state index contributed by atoms with van der Waals surface area (Å²) in [6.45, 7) is 1.51. The van der Waals surface area contributed by atoms with Gasteiger partial charge in [-0.15, -0.1) is 0 Å². The van der Waals surface area contributed by atoms with E-state index in [2.05, 4.69) is 4.74 Å². The number of ether oxygens (including phenoxy) is 4. The van der Waals surface area contributed by atoms with E-state index in [0.717, 1.165) is 0 Å². The predicted octanol–water partition coefficient (Wildman–Crippen LogP) is 2.75. The number of rotatable bonds is 6. The molecular formula is C17H18O7. The van der Waals surface area contributed by atoms with Crippen molar-refractivity contribution in [1.29, 1.82) is 0 Å². The van der Waals surface area contributed by atoms with Crippen LogP contribution in [0.15, 0.2) is 28.7 Å². The Morgan fingerprint density at radius 1 is 0.958 bits per heavy atom. The SMILES string of the molecule is COC(=O)c1cc(COC(=O)c2cc(OC)cc(OC)c2)oc1C. The number of carbonyl (C=O) groups excluding carboxylic acids is 2. The van der Waals surface area contributed by atoms with Gasteiger partial charge in [0.1, 0.15) is 35.2 Å². The maximum atomic E-state index is 12.2. The summed E-state index contributed by atoms with van der Waals surface area (Å²) >= 11 is 0. The Kier molecular flexibility index (Phi) is 5.47. The van der Waals surface area contributed by atoms with Gasteiger partial charge in [-0.2, -0.15) is 0 Å². The van der Waals surface area contributed by atoms with Crippen LogP contribution in [0.5, 0.6) is 11.5 Å². The van der Waals surface area contributed by atoms with Gasteiger partial charge < -0.3 is 23.4 Å². The zero-order valence-electron chi connectivity index (χ0n) is 13.9. The zero-order valence-corrected chi connectivity index (χ0v) is 13.9. The third-order valence-corrected chi connectivity index (χ3v) is 3.31. The third-order valence-electron chi connectivity index (χ3n) is 3.31. The van der Waals surface area contributed by atoms with Gasteiger partial charge in [-0.05, 0) is 25.1 Å². The van der Waals surface area contributed by atoms with E-state index in [0.29, 0.717) is 28.6 Å². The maximum Gasteiger partial charge on any atom is 0.341 e. The first-order valence-electron chi connectivity index (χ1n) is 7.06. The second kappa shape index (κ2) is 7.54. The molecule has 0 spiro atoms. The molecule has 2 rings (SSSR count). The summed E-state index contributed by atoms with van der Waals surface area (Å²) in [7, 11) is 4.26. The van der Waals surface area contributed by atoms with Crippen LogP contribution in [0.3, 0.4) is 0 Å². The van der Waals surface area contributed by atoms with E-state index in [1.807, 2.05) is 0 Å². The highest BCUT2D eigenvalue weighted by molar-refractivity contribution is 5.91. The van der Waals surface area contributed by atoms with Crippen LogP contribution in [0.1, 0.15) is 32.2 Å². The molecule has 24 heavy (non-hydrogen) atoms. The lowest BCUT2D eigenvalue weighted by molar-refractivity contribution is 0.0443. The topological polar surface area (TPSA) is 84.2 Å². The Morgan fingerprint density at radius 3 is 2.12 bits per heavy atom. The van der Waals surface area contributed by atoms with E-state index >= 15 is 0 Å². The van der Waals surface area contributed by atoms with Crippen molar-refractivity contribution >= 4 is 11.9 Å².